The van der Waals surface area contributed by atoms with E-state index in [-0.39, 0.29) is 0 Å². The minimum atomic E-state index is -3.51. The minimum Gasteiger partial charge on any atom is -0.223 e. The monoisotopic (exact) mass is 334 g/mol. The molecule has 0 unspecified atom stereocenters. The largest absolute Gasteiger partial charge is 0.223 e. The first-order chi connectivity index (χ1) is 11.7. The number of hydrogen-bond acceptors (Lipinski definition) is 2. The predicted octanol–water partition coefficient (Wildman–Crippen LogP) is 4.92. The summed E-state index contributed by atoms with van der Waals surface area (Å²) >= 11 is 0. The van der Waals surface area contributed by atoms with Crippen molar-refractivity contribution in [3.05, 3.63) is 108 Å². The predicted molar refractivity (Wildman–Crippen MR) is 98.3 cm³/mol. The van der Waals surface area contributed by atoms with Gasteiger partial charge in [-0.25, -0.2) is 8.42 Å². The summed E-state index contributed by atoms with van der Waals surface area (Å²) in [5, 5.41) is -0.721. The van der Waals surface area contributed by atoms with Crippen LogP contribution in [0.5, 0.6) is 0 Å². The molecule has 3 heteroatoms. The first kappa shape index (κ1) is 16.2. The zero-order valence-electron chi connectivity index (χ0n) is 13.1. The molecule has 0 aliphatic rings. The molecule has 3 aromatic carbocycles. The molecule has 0 aromatic heterocycles. The van der Waals surface area contributed by atoms with Crippen molar-refractivity contribution in [2.45, 2.75) is 10.1 Å². The van der Waals surface area contributed by atoms with Gasteiger partial charge < -0.3 is 0 Å². The molecule has 2 nitrogen and oxygen atoms in total. The van der Waals surface area contributed by atoms with Gasteiger partial charge in [0.2, 0.25) is 0 Å². The van der Waals surface area contributed by atoms with Gasteiger partial charge in [0.1, 0.15) is 5.25 Å². The Bertz CT molecular complexity index is 900. The van der Waals surface area contributed by atoms with Crippen molar-refractivity contribution in [1.29, 1.82) is 0 Å². The molecule has 0 aliphatic carbocycles. The van der Waals surface area contributed by atoms with Gasteiger partial charge in [0, 0.05) is 0 Å². The first-order valence-electron chi connectivity index (χ1n) is 7.75. The van der Waals surface area contributed by atoms with E-state index in [0.29, 0.717) is 4.90 Å². The topological polar surface area (TPSA) is 34.1 Å². The second kappa shape index (κ2) is 7.28. The molecule has 120 valence electrons. The molecular formula is C21H18O2S. The number of benzene rings is 3. The third-order valence-corrected chi connectivity index (χ3v) is 5.82. The average Bonchev–Trinajstić information content (AvgIpc) is 2.64. The molecule has 0 saturated carbocycles. The SMILES string of the molecule is O=S(=O)(c1ccccc1)[C@H](/C=C/c1ccccc1)c1ccccc1. The summed E-state index contributed by atoms with van der Waals surface area (Å²) < 4.78 is 26.2. The Morgan fingerprint density at radius 1 is 0.667 bits per heavy atom. The van der Waals surface area contributed by atoms with E-state index in [4.69, 9.17) is 0 Å². The van der Waals surface area contributed by atoms with Gasteiger partial charge in [-0.15, -0.1) is 0 Å². The zero-order valence-corrected chi connectivity index (χ0v) is 13.9. The zero-order chi connectivity index (χ0) is 16.8. The van der Waals surface area contributed by atoms with Crippen LogP contribution in [0.1, 0.15) is 16.4 Å². The third-order valence-electron chi connectivity index (χ3n) is 3.80. The van der Waals surface area contributed by atoms with Crippen LogP contribution in [0.25, 0.3) is 6.08 Å². The lowest BCUT2D eigenvalue weighted by molar-refractivity contribution is 0.590. The highest BCUT2D eigenvalue weighted by molar-refractivity contribution is 7.91. The lowest BCUT2D eigenvalue weighted by atomic mass is 10.1. The highest BCUT2D eigenvalue weighted by Crippen LogP contribution is 2.30. The summed E-state index contributed by atoms with van der Waals surface area (Å²) in [7, 11) is -3.51. The van der Waals surface area contributed by atoms with E-state index in [0.717, 1.165) is 11.1 Å². The van der Waals surface area contributed by atoms with Crippen molar-refractivity contribution in [3.63, 3.8) is 0 Å². The molecule has 0 N–H and O–H groups in total. The normalized spacial score (nSPS) is 13.0. The molecular weight excluding hydrogens is 316 g/mol. The minimum absolute atomic E-state index is 0.330. The Kier molecular flexibility index (Phi) is 4.92. The van der Waals surface area contributed by atoms with E-state index in [1.165, 1.54) is 0 Å². The molecule has 1 atom stereocenters. The number of rotatable bonds is 5. The summed E-state index contributed by atoms with van der Waals surface area (Å²) in [6.07, 6.45) is 3.62. The molecule has 0 fully saturated rings. The molecule has 3 aromatic rings. The van der Waals surface area contributed by atoms with Gasteiger partial charge in [-0.2, -0.15) is 0 Å². The molecule has 24 heavy (non-hydrogen) atoms. The van der Waals surface area contributed by atoms with Crippen LogP contribution < -0.4 is 0 Å². The maximum absolute atomic E-state index is 13.1. The van der Waals surface area contributed by atoms with E-state index in [2.05, 4.69) is 0 Å². The van der Waals surface area contributed by atoms with E-state index in [1.54, 1.807) is 30.3 Å². The Balaban J connectivity index is 2.05. The average molecular weight is 334 g/mol. The van der Waals surface area contributed by atoms with Gasteiger partial charge in [-0.3, -0.25) is 0 Å². The fourth-order valence-corrected chi connectivity index (χ4v) is 4.19. The van der Waals surface area contributed by atoms with Crippen LogP contribution in [0, 0.1) is 0 Å². The molecule has 0 radical (unpaired) electrons. The van der Waals surface area contributed by atoms with Gasteiger partial charge in [0.15, 0.2) is 9.84 Å². The fraction of sp³-hybridized carbons (Fsp3) is 0.0476. The van der Waals surface area contributed by atoms with Crippen LogP contribution >= 0.6 is 0 Å². The van der Waals surface area contributed by atoms with E-state index in [9.17, 15) is 8.42 Å². The molecule has 0 heterocycles. The number of sulfone groups is 1. The second-order valence-corrected chi connectivity index (χ2v) is 7.53. The summed E-state index contributed by atoms with van der Waals surface area (Å²) in [5.41, 5.74) is 1.73. The van der Waals surface area contributed by atoms with Crippen LogP contribution in [-0.4, -0.2) is 8.42 Å². The summed E-state index contributed by atoms with van der Waals surface area (Å²) in [6.45, 7) is 0. The van der Waals surface area contributed by atoms with Crippen molar-refractivity contribution in [3.8, 4) is 0 Å². The molecule has 3 rings (SSSR count). The lowest BCUT2D eigenvalue weighted by Gasteiger charge is -2.15. The standard InChI is InChI=1S/C21H18O2S/c22-24(23,20-14-8-3-9-15-20)21(19-12-6-2-7-13-19)17-16-18-10-4-1-5-11-18/h1-17,21H/b17-16+/t21-/m1/s1. The molecule has 0 aliphatic heterocycles. The molecule has 0 amide bonds. The van der Waals surface area contributed by atoms with Gasteiger partial charge >= 0.3 is 0 Å². The van der Waals surface area contributed by atoms with Crippen molar-refractivity contribution in [1.82, 2.24) is 0 Å². The second-order valence-electron chi connectivity index (χ2n) is 5.46. The van der Waals surface area contributed by atoms with Gasteiger partial charge in [-0.1, -0.05) is 91.0 Å². The highest BCUT2D eigenvalue weighted by atomic mass is 32.2. The Morgan fingerprint density at radius 2 is 1.17 bits per heavy atom. The van der Waals surface area contributed by atoms with Crippen molar-refractivity contribution in [2.75, 3.05) is 0 Å². The summed E-state index contributed by atoms with van der Waals surface area (Å²) in [6, 6.07) is 27.6. The van der Waals surface area contributed by atoms with E-state index in [1.807, 2.05) is 72.8 Å². The third kappa shape index (κ3) is 3.63. The van der Waals surface area contributed by atoms with Gasteiger partial charge in [0.25, 0.3) is 0 Å². The quantitative estimate of drug-likeness (QED) is 0.664. The maximum atomic E-state index is 13.1. The Labute approximate surface area is 143 Å². The number of hydrogen-bond donors (Lipinski definition) is 0. The summed E-state index contributed by atoms with van der Waals surface area (Å²) in [4.78, 5) is 0.330. The van der Waals surface area contributed by atoms with Gasteiger partial charge in [-0.05, 0) is 23.3 Å². The van der Waals surface area contributed by atoms with Crippen LogP contribution in [-0.2, 0) is 9.84 Å². The van der Waals surface area contributed by atoms with E-state index < -0.39 is 15.1 Å². The lowest BCUT2D eigenvalue weighted by Crippen LogP contribution is -2.11. The highest BCUT2D eigenvalue weighted by Gasteiger charge is 2.26. The summed E-state index contributed by atoms with van der Waals surface area (Å²) in [5.74, 6) is 0. The van der Waals surface area contributed by atoms with Crippen molar-refractivity contribution < 1.29 is 8.42 Å². The van der Waals surface area contributed by atoms with Crippen LogP contribution in [0.4, 0.5) is 0 Å². The molecule has 0 bridgehead atoms. The fourth-order valence-electron chi connectivity index (χ4n) is 2.56. The van der Waals surface area contributed by atoms with Crippen LogP contribution in [0.15, 0.2) is 102 Å². The van der Waals surface area contributed by atoms with Crippen LogP contribution in [0.3, 0.4) is 0 Å². The Morgan fingerprint density at radius 3 is 1.75 bits per heavy atom. The maximum Gasteiger partial charge on any atom is 0.188 e. The molecule has 0 saturated heterocycles. The smallest absolute Gasteiger partial charge is 0.188 e. The first-order valence-corrected chi connectivity index (χ1v) is 9.30. The molecule has 0 spiro atoms. The van der Waals surface area contributed by atoms with E-state index >= 15 is 0 Å². The van der Waals surface area contributed by atoms with Gasteiger partial charge in [0.05, 0.1) is 4.90 Å². The van der Waals surface area contributed by atoms with Crippen LogP contribution in [0.2, 0.25) is 0 Å². The Hall–Kier alpha value is -2.65. The van der Waals surface area contributed by atoms with Crippen molar-refractivity contribution in [2.24, 2.45) is 0 Å². The van der Waals surface area contributed by atoms with Crippen molar-refractivity contribution >= 4 is 15.9 Å².